The molecule has 2 aromatic carbocycles. The molecule has 4 nitrogen and oxygen atoms in total. The predicted molar refractivity (Wildman–Crippen MR) is 83.0 cm³/mol. The zero-order chi connectivity index (χ0) is 17.3. The molecule has 8 heteroatoms. The zero-order valence-corrected chi connectivity index (χ0v) is 12.7. The van der Waals surface area contributed by atoms with Gasteiger partial charge in [-0.15, -0.1) is 0 Å². The average Bonchev–Trinajstić information content (AvgIpc) is 2.71. The molecule has 0 aromatic heterocycles. The molecule has 0 radical (unpaired) electrons. The second kappa shape index (κ2) is 4.66. The van der Waals surface area contributed by atoms with Gasteiger partial charge in [-0.1, -0.05) is 17.7 Å². The zero-order valence-electron chi connectivity index (χ0n) is 12.0. The fraction of sp³-hybridized carbons (Fsp3) is 0.125. The summed E-state index contributed by atoms with van der Waals surface area (Å²) in [6.45, 7) is -0.146. The smallest absolute Gasteiger partial charge is 0.429 e. The molecule has 4 rings (SSSR count). The lowest BCUT2D eigenvalue weighted by atomic mass is 9.99. The molecule has 0 spiro atoms. The van der Waals surface area contributed by atoms with Gasteiger partial charge in [0.05, 0.1) is 11.6 Å². The highest BCUT2D eigenvalue weighted by atomic mass is 35.5. The molecule has 2 heterocycles. The summed E-state index contributed by atoms with van der Waals surface area (Å²) in [6, 6.07) is 7.55. The van der Waals surface area contributed by atoms with Crippen molar-refractivity contribution in [3.05, 3.63) is 74.0 Å². The molecule has 1 unspecified atom stereocenters. The Kier molecular flexibility index (Phi) is 2.97. The number of alkyl halides is 3. The first-order valence-corrected chi connectivity index (χ1v) is 7.37. The molecule has 122 valence electrons. The predicted octanol–water partition coefficient (Wildman–Crippen LogP) is 5.10. The average molecular weight is 354 g/mol. The Hall–Kier alpha value is -2.22. The van der Waals surface area contributed by atoms with Gasteiger partial charge < -0.3 is 5.21 Å². The molecule has 0 saturated heterocycles. The minimum Gasteiger partial charge on any atom is -0.617 e. The molecule has 2 aromatic rings. The molecule has 24 heavy (non-hydrogen) atoms. The lowest BCUT2D eigenvalue weighted by Crippen LogP contribution is -2.41. The van der Waals surface area contributed by atoms with Gasteiger partial charge in [-0.05, 0) is 23.8 Å². The van der Waals surface area contributed by atoms with Crippen LogP contribution < -0.4 is 4.65 Å². The van der Waals surface area contributed by atoms with Gasteiger partial charge in [0.15, 0.2) is 0 Å². The van der Waals surface area contributed by atoms with Crippen molar-refractivity contribution in [3.8, 4) is 0 Å². The monoisotopic (exact) mass is 353 g/mol. The van der Waals surface area contributed by atoms with E-state index in [0.717, 1.165) is 12.1 Å². The summed E-state index contributed by atoms with van der Waals surface area (Å²) < 4.78 is 38.0. The van der Waals surface area contributed by atoms with Gasteiger partial charge >= 0.3 is 17.7 Å². The molecule has 0 amide bonds. The molecule has 0 N–H and O–H groups in total. The van der Waals surface area contributed by atoms with Crippen LogP contribution in [0.4, 0.5) is 24.5 Å². The van der Waals surface area contributed by atoms with E-state index < -0.39 is 16.4 Å². The lowest BCUT2D eigenvalue weighted by Gasteiger charge is -2.35. The van der Waals surface area contributed by atoms with Crippen LogP contribution in [0.5, 0.6) is 0 Å². The molecule has 0 saturated carbocycles. The molecular formula is C16H9ClF3N2O2+. The molecular weight excluding hydrogens is 345 g/mol. The largest absolute Gasteiger partial charge is 0.617 e. The molecule has 1 atom stereocenters. The summed E-state index contributed by atoms with van der Waals surface area (Å²) in [5, 5.41) is 13.5. The first-order valence-electron chi connectivity index (χ1n) is 6.99. The van der Waals surface area contributed by atoms with E-state index in [2.05, 4.69) is 0 Å². The van der Waals surface area contributed by atoms with E-state index in [1.165, 1.54) is 30.3 Å². The van der Waals surface area contributed by atoms with Crippen LogP contribution in [0.3, 0.4) is 0 Å². The van der Waals surface area contributed by atoms with E-state index in [4.69, 9.17) is 11.6 Å². The second-order valence-corrected chi connectivity index (χ2v) is 6.18. The summed E-state index contributed by atoms with van der Waals surface area (Å²) in [5.74, 6) is -0.168. The van der Waals surface area contributed by atoms with Crippen molar-refractivity contribution in [2.24, 2.45) is 0 Å². The quantitative estimate of drug-likeness (QED) is 0.375. The molecule has 0 aliphatic carbocycles. The fourth-order valence-corrected chi connectivity index (χ4v) is 3.28. The maximum Gasteiger partial charge on any atom is 0.429 e. The third-order valence-corrected chi connectivity index (χ3v) is 4.51. The van der Waals surface area contributed by atoms with Crippen molar-refractivity contribution in [1.82, 2.24) is 4.65 Å². The minimum absolute atomic E-state index is 0.118. The van der Waals surface area contributed by atoms with Crippen LogP contribution >= 0.6 is 11.6 Å². The molecule has 2 aliphatic rings. The van der Waals surface area contributed by atoms with Gasteiger partial charge in [-0.3, -0.25) is 0 Å². The van der Waals surface area contributed by atoms with Gasteiger partial charge in [0.25, 0.3) is 0 Å². The van der Waals surface area contributed by atoms with E-state index in [-0.39, 0.29) is 29.3 Å². The first-order chi connectivity index (χ1) is 11.2. The third kappa shape index (κ3) is 2.02. The van der Waals surface area contributed by atoms with Crippen LogP contribution in [0, 0.1) is 10.1 Å². The van der Waals surface area contributed by atoms with Crippen LogP contribution in [0.25, 0.3) is 6.08 Å². The second-order valence-electron chi connectivity index (χ2n) is 5.74. The van der Waals surface area contributed by atoms with E-state index in [0.29, 0.717) is 15.3 Å². The third-order valence-electron chi connectivity index (χ3n) is 4.27. The molecule has 0 fully saturated rings. The lowest BCUT2D eigenvalue weighted by molar-refractivity contribution is -0.410. The first kappa shape index (κ1) is 15.3. The van der Waals surface area contributed by atoms with Gasteiger partial charge in [-0.2, -0.15) is 13.2 Å². The normalized spacial score (nSPS) is 21.9. The van der Waals surface area contributed by atoms with E-state index in [1.54, 1.807) is 0 Å². The van der Waals surface area contributed by atoms with Crippen LogP contribution in [-0.2, 0) is 12.7 Å². The van der Waals surface area contributed by atoms with Crippen LogP contribution in [0.1, 0.15) is 16.7 Å². The maximum atomic E-state index is 13.2. The van der Waals surface area contributed by atoms with Crippen LogP contribution in [-0.4, -0.2) is 4.76 Å². The van der Waals surface area contributed by atoms with Crippen LogP contribution in [0.2, 0.25) is 5.02 Å². The SMILES string of the molecule is O=[N+]1C2=Cc3cc(C(F)(F)F)ccc3C[N+]2([O-])c2ccc(Cl)cc21. The van der Waals surface area contributed by atoms with Gasteiger partial charge in [-0.25, -0.2) is 4.65 Å². The number of benzene rings is 2. The Labute approximate surface area is 139 Å². The van der Waals surface area contributed by atoms with Crippen molar-refractivity contribution in [2.45, 2.75) is 12.7 Å². The van der Waals surface area contributed by atoms with Gasteiger partial charge in [0, 0.05) is 27.6 Å². The number of halogens is 4. The topological polar surface area (TPSA) is 43.1 Å². The fourth-order valence-electron chi connectivity index (χ4n) is 3.12. The number of hydrogen-bond donors (Lipinski definition) is 0. The van der Waals surface area contributed by atoms with Crippen molar-refractivity contribution >= 4 is 29.1 Å². The number of rotatable bonds is 0. The Balaban J connectivity index is 1.90. The standard InChI is InChI=1S/C16H9ClF3N2O2/c17-12-3-4-14-13(7-12)21(23)15-6-10-5-11(16(18,19)20)2-1-9(10)8-22(14,15)24/h1-7H,8H2/q+1. The summed E-state index contributed by atoms with van der Waals surface area (Å²) in [4.78, 5) is 12.4. The Morgan fingerprint density at radius 3 is 2.62 bits per heavy atom. The van der Waals surface area contributed by atoms with E-state index >= 15 is 0 Å². The van der Waals surface area contributed by atoms with Gasteiger partial charge in [0.1, 0.15) is 11.3 Å². The highest BCUT2D eigenvalue weighted by molar-refractivity contribution is 6.31. The van der Waals surface area contributed by atoms with Crippen molar-refractivity contribution < 1.29 is 17.9 Å². The summed E-state index contributed by atoms with van der Waals surface area (Å²) in [6.07, 6.45) is -3.26. The number of nitroso groups, excluding NO2 is 1. The van der Waals surface area contributed by atoms with Crippen molar-refractivity contribution in [2.75, 3.05) is 0 Å². The van der Waals surface area contributed by atoms with Crippen LogP contribution in [0.15, 0.2) is 42.2 Å². The number of fused-ring (bicyclic) bond motifs is 4. The maximum absolute atomic E-state index is 13.2. The summed E-state index contributed by atoms with van der Waals surface area (Å²) in [5.41, 5.74) is 0.209. The number of nitrogens with zero attached hydrogens (tertiary/aromatic N) is 2. The Morgan fingerprint density at radius 2 is 1.92 bits per heavy atom. The highest BCUT2D eigenvalue weighted by Gasteiger charge is 2.54. The molecule has 0 bridgehead atoms. The minimum atomic E-state index is -4.49. The van der Waals surface area contributed by atoms with E-state index in [1.807, 2.05) is 0 Å². The molecule has 2 aliphatic heterocycles. The van der Waals surface area contributed by atoms with Gasteiger partial charge in [0.2, 0.25) is 5.69 Å². The Bertz CT molecular complexity index is 939. The van der Waals surface area contributed by atoms with Crippen molar-refractivity contribution in [3.63, 3.8) is 0 Å². The van der Waals surface area contributed by atoms with Crippen molar-refractivity contribution in [1.29, 1.82) is 0 Å². The number of hydrogen-bond acceptors (Lipinski definition) is 2. The van der Waals surface area contributed by atoms with E-state index in [9.17, 15) is 23.3 Å². The Morgan fingerprint density at radius 1 is 1.17 bits per heavy atom. The number of quaternary nitrogens is 1. The number of hydroxylamine groups is 2. The summed E-state index contributed by atoms with van der Waals surface area (Å²) in [7, 11) is 0. The summed E-state index contributed by atoms with van der Waals surface area (Å²) >= 11 is 5.87. The highest BCUT2D eigenvalue weighted by Crippen LogP contribution is 2.50.